The van der Waals surface area contributed by atoms with E-state index < -0.39 is 0 Å². The van der Waals surface area contributed by atoms with Gasteiger partial charge in [-0.3, -0.25) is 0 Å². The summed E-state index contributed by atoms with van der Waals surface area (Å²) in [6.07, 6.45) is 0.583. The molecule has 12 heavy (non-hydrogen) atoms. The third-order valence-corrected chi connectivity index (χ3v) is 1.38. The van der Waals surface area contributed by atoms with E-state index in [9.17, 15) is 0 Å². The summed E-state index contributed by atoms with van der Waals surface area (Å²) < 4.78 is 4.71. The van der Waals surface area contributed by atoms with Crippen molar-refractivity contribution >= 4 is 0 Å². The normalized spacial score (nSPS) is 19.2. The zero-order chi connectivity index (χ0) is 8.97. The van der Waals surface area contributed by atoms with Crippen LogP contribution in [0.5, 0.6) is 11.5 Å². The van der Waals surface area contributed by atoms with E-state index in [1.807, 2.05) is 0 Å². The Morgan fingerprint density at radius 2 is 1.58 bits per heavy atom. The molecule has 3 heteroatoms. The Hall–Kier alpha value is -1.22. The topological polar surface area (TPSA) is 53.0 Å². The standard InChI is InChI=1S/C6H6O2.C3H6O/c7-5-3-1-2-4-6(5)8;1-3-2-4-3/h1-4,7-8H;3H,2H2,1H3. The first-order chi connectivity index (χ1) is 5.70. The Labute approximate surface area is 71.2 Å². The summed E-state index contributed by atoms with van der Waals surface area (Å²) in [7, 11) is 0. The van der Waals surface area contributed by atoms with Crippen LogP contribution < -0.4 is 0 Å². The predicted octanol–water partition coefficient (Wildman–Crippen LogP) is 1.50. The number of hydrogen-bond acceptors (Lipinski definition) is 3. The van der Waals surface area contributed by atoms with Gasteiger partial charge in [-0.2, -0.15) is 0 Å². The first kappa shape index (κ1) is 8.87. The molecule has 1 saturated heterocycles. The average Bonchev–Trinajstić information content (AvgIpc) is 2.80. The van der Waals surface area contributed by atoms with E-state index in [0.717, 1.165) is 6.61 Å². The highest BCUT2D eigenvalue weighted by Gasteiger charge is 2.13. The largest absolute Gasteiger partial charge is 0.504 e. The molecule has 0 saturated carbocycles. The lowest BCUT2D eigenvalue weighted by molar-refractivity contribution is 0.404. The quantitative estimate of drug-likeness (QED) is 0.456. The van der Waals surface area contributed by atoms with Gasteiger partial charge in [-0.15, -0.1) is 0 Å². The van der Waals surface area contributed by atoms with Crippen LogP contribution >= 0.6 is 0 Å². The minimum Gasteiger partial charge on any atom is -0.504 e. The van der Waals surface area contributed by atoms with Crippen molar-refractivity contribution in [2.24, 2.45) is 0 Å². The molecule has 1 heterocycles. The number of hydrogen-bond donors (Lipinski definition) is 2. The maximum atomic E-state index is 8.67. The van der Waals surface area contributed by atoms with Crippen LogP contribution in [0.1, 0.15) is 6.92 Å². The van der Waals surface area contributed by atoms with Crippen LogP contribution in [0.15, 0.2) is 24.3 Å². The third-order valence-electron chi connectivity index (χ3n) is 1.38. The molecule has 1 aliphatic rings. The van der Waals surface area contributed by atoms with Crippen molar-refractivity contribution in [1.82, 2.24) is 0 Å². The monoisotopic (exact) mass is 168 g/mol. The first-order valence-corrected chi connectivity index (χ1v) is 3.78. The Bertz CT molecular complexity index is 222. The molecule has 2 rings (SSSR count). The first-order valence-electron chi connectivity index (χ1n) is 3.78. The van der Waals surface area contributed by atoms with Gasteiger partial charge in [0.05, 0.1) is 12.7 Å². The molecular weight excluding hydrogens is 156 g/mol. The Morgan fingerprint density at radius 3 is 1.75 bits per heavy atom. The van der Waals surface area contributed by atoms with Gasteiger partial charge >= 0.3 is 0 Å². The molecule has 0 aliphatic carbocycles. The maximum Gasteiger partial charge on any atom is 0.157 e. The maximum absolute atomic E-state index is 8.67. The van der Waals surface area contributed by atoms with Gasteiger partial charge in [0.2, 0.25) is 0 Å². The summed E-state index contributed by atoms with van der Waals surface area (Å²) in [6, 6.07) is 6.15. The predicted molar refractivity (Wildman–Crippen MR) is 45.2 cm³/mol. The zero-order valence-electron chi connectivity index (χ0n) is 6.90. The Kier molecular flexibility index (Phi) is 2.94. The third kappa shape index (κ3) is 3.25. The van der Waals surface area contributed by atoms with Crippen LogP contribution in [0.2, 0.25) is 0 Å². The molecule has 0 amide bonds. The van der Waals surface area contributed by atoms with E-state index in [-0.39, 0.29) is 11.5 Å². The van der Waals surface area contributed by atoms with E-state index in [1.54, 1.807) is 12.1 Å². The smallest absolute Gasteiger partial charge is 0.157 e. The Balaban J connectivity index is 0.000000150. The molecule has 1 aromatic carbocycles. The number of benzene rings is 1. The highest BCUT2D eigenvalue weighted by atomic mass is 16.6. The van der Waals surface area contributed by atoms with Crippen molar-refractivity contribution in [1.29, 1.82) is 0 Å². The minimum atomic E-state index is -0.0764. The van der Waals surface area contributed by atoms with Crippen molar-refractivity contribution in [2.75, 3.05) is 6.61 Å². The van der Waals surface area contributed by atoms with Gasteiger partial charge in [0, 0.05) is 0 Å². The van der Waals surface area contributed by atoms with E-state index in [2.05, 4.69) is 6.92 Å². The number of phenols is 2. The van der Waals surface area contributed by atoms with Gasteiger partial charge in [0.25, 0.3) is 0 Å². The van der Waals surface area contributed by atoms with E-state index in [4.69, 9.17) is 14.9 Å². The molecule has 0 radical (unpaired) electrons. The van der Waals surface area contributed by atoms with Crippen LogP contribution in [0.4, 0.5) is 0 Å². The van der Waals surface area contributed by atoms with Crippen LogP contribution in [0.3, 0.4) is 0 Å². The number of para-hydroxylation sites is 2. The summed E-state index contributed by atoms with van der Waals surface area (Å²) in [4.78, 5) is 0. The highest BCUT2D eigenvalue weighted by Crippen LogP contribution is 2.21. The fourth-order valence-electron chi connectivity index (χ4n) is 0.560. The van der Waals surface area contributed by atoms with Crippen LogP contribution in [-0.2, 0) is 4.74 Å². The highest BCUT2D eigenvalue weighted by molar-refractivity contribution is 5.36. The number of aromatic hydroxyl groups is 2. The van der Waals surface area contributed by atoms with Gasteiger partial charge in [0.15, 0.2) is 11.5 Å². The summed E-state index contributed by atoms with van der Waals surface area (Å²) >= 11 is 0. The SMILES string of the molecule is CC1CO1.Oc1ccccc1O. The zero-order valence-corrected chi connectivity index (χ0v) is 6.90. The van der Waals surface area contributed by atoms with Crippen molar-refractivity contribution in [3.63, 3.8) is 0 Å². The fourth-order valence-corrected chi connectivity index (χ4v) is 0.560. The van der Waals surface area contributed by atoms with Crippen molar-refractivity contribution in [2.45, 2.75) is 13.0 Å². The van der Waals surface area contributed by atoms with Crippen molar-refractivity contribution in [3.8, 4) is 11.5 Å². The summed E-state index contributed by atoms with van der Waals surface area (Å²) in [6.45, 7) is 3.04. The summed E-state index contributed by atoms with van der Waals surface area (Å²) in [5.74, 6) is -0.153. The van der Waals surface area contributed by atoms with Gasteiger partial charge in [-0.25, -0.2) is 0 Å². The molecule has 0 aromatic heterocycles. The van der Waals surface area contributed by atoms with E-state index in [1.165, 1.54) is 12.1 Å². The molecule has 1 aromatic rings. The van der Waals surface area contributed by atoms with E-state index >= 15 is 0 Å². The van der Waals surface area contributed by atoms with E-state index in [0.29, 0.717) is 6.10 Å². The molecule has 3 nitrogen and oxygen atoms in total. The lowest BCUT2D eigenvalue weighted by Gasteiger charge is -1.91. The average molecular weight is 168 g/mol. The van der Waals surface area contributed by atoms with Crippen LogP contribution in [0, 0.1) is 0 Å². The second kappa shape index (κ2) is 3.97. The molecule has 66 valence electrons. The molecule has 1 aliphatic heterocycles. The van der Waals surface area contributed by atoms with Crippen molar-refractivity contribution in [3.05, 3.63) is 24.3 Å². The van der Waals surface area contributed by atoms with Gasteiger partial charge in [-0.1, -0.05) is 12.1 Å². The molecule has 1 fully saturated rings. The van der Waals surface area contributed by atoms with Gasteiger partial charge < -0.3 is 14.9 Å². The van der Waals surface area contributed by atoms with Gasteiger partial charge in [0.1, 0.15) is 0 Å². The summed E-state index contributed by atoms with van der Waals surface area (Å²) in [5.41, 5.74) is 0. The second-order valence-electron chi connectivity index (χ2n) is 2.63. The number of epoxide rings is 1. The lowest BCUT2D eigenvalue weighted by atomic mass is 10.3. The molecular formula is C9H12O3. The van der Waals surface area contributed by atoms with Gasteiger partial charge in [-0.05, 0) is 19.1 Å². The number of phenolic OH excluding ortho intramolecular Hbond substituents is 2. The molecule has 2 N–H and O–H groups in total. The minimum absolute atomic E-state index is 0.0764. The van der Waals surface area contributed by atoms with Crippen molar-refractivity contribution < 1.29 is 14.9 Å². The van der Waals surface area contributed by atoms with Crippen LogP contribution in [-0.4, -0.2) is 22.9 Å². The number of ether oxygens (including phenoxy) is 1. The molecule has 0 bridgehead atoms. The summed E-state index contributed by atoms with van der Waals surface area (Å²) in [5, 5.41) is 17.3. The fraction of sp³-hybridized carbons (Fsp3) is 0.333. The lowest BCUT2D eigenvalue weighted by Crippen LogP contribution is -1.63. The second-order valence-corrected chi connectivity index (χ2v) is 2.63. The molecule has 0 spiro atoms. The molecule has 1 atom stereocenters. The Morgan fingerprint density at radius 1 is 1.25 bits per heavy atom. The number of rotatable bonds is 0. The molecule has 1 unspecified atom stereocenters. The van der Waals surface area contributed by atoms with Crippen LogP contribution in [0.25, 0.3) is 0 Å².